The van der Waals surface area contributed by atoms with E-state index in [2.05, 4.69) is 14.9 Å². The van der Waals surface area contributed by atoms with Crippen molar-refractivity contribution in [3.8, 4) is 11.4 Å². The maximum atomic E-state index is 11.9. The molecule has 0 atom stereocenters. The lowest BCUT2D eigenvalue weighted by atomic mass is 10.2. The van der Waals surface area contributed by atoms with Crippen LogP contribution in [-0.2, 0) is 26.2 Å². The molecule has 0 aliphatic rings. The first-order valence-corrected chi connectivity index (χ1v) is 9.48. The summed E-state index contributed by atoms with van der Waals surface area (Å²) in [7, 11) is -3.71. The van der Waals surface area contributed by atoms with E-state index in [9.17, 15) is 13.2 Å². The molecule has 1 N–H and O–H groups in total. The van der Waals surface area contributed by atoms with E-state index in [0.29, 0.717) is 5.82 Å². The summed E-state index contributed by atoms with van der Waals surface area (Å²) in [6.07, 6.45) is 0. The lowest BCUT2D eigenvalue weighted by Crippen LogP contribution is -2.30. The van der Waals surface area contributed by atoms with Crippen LogP contribution in [0.3, 0.4) is 0 Å². The summed E-state index contributed by atoms with van der Waals surface area (Å²) in [6.45, 7) is -0.723. The minimum absolute atomic E-state index is 0.119. The SMILES string of the molecule is O=C(CNS(=O)(=O)c1cccs1)OCc1nc(-c2ccccc2)no1. The van der Waals surface area contributed by atoms with Gasteiger partial charge in [-0.05, 0) is 11.4 Å². The number of carbonyl (C=O) groups is 1. The third-order valence-electron chi connectivity index (χ3n) is 3.02. The van der Waals surface area contributed by atoms with Gasteiger partial charge in [0.1, 0.15) is 10.8 Å². The number of benzene rings is 1. The van der Waals surface area contributed by atoms with Gasteiger partial charge in [0.2, 0.25) is 5.82 Å². The number of sulfonamides is 1. The fraction of sp³-hybridized carbons (Fsp3) is 0.133. The highest BCUT2D eigenvalue weighted by atomic mass is 32.2. The second-order valence-electron chi connectivity index (χ2n) is 4.80. The van der Waals surface area contributed by atoms with Crippen molar-refractivity contribution in [1.82, 2.24) is 14.9 Å². The summed E-state index contributed by atoms with van der Waals surface area (Å²) in [4.78, 5) is 15.8. The first kappa shape index (κ1) is 17.3. The van der Waals surface area contributed by atoms with Crippen molar-refractivity contribution >= 4 is 27.3 Å². The molecule has 3 rings (SSSR count). The molecule has 3 aromatic rings. The highest BCUT2D eigenvalue weighted by Crippen LogP contribution is 2.16. The van der Waals surface area contributed by atoms with Gasteiger partial charge in [-0.25, -0.2) is 8.42 Å². The van der Waals surface area contributed by atoms with E-state index in [0.717, 1.165) is 16.9 Å². The monoisotopic (exact) mass is 379 g/mol. The number of carbonyl (C=O) groups excluding carboxylic acids is 1. The molecular weight excluding hydrogens is 366 g/mol. The molecule has 0 spiro atoms. The highest BCUT2D eigenvalue weighted by Gasteiger charge is 2.17. The van der Waals surface area contributed by atoms with Crippen LogP contribution < -0.4 is 4.72 Å². The largest absolute Gasteiger partial charge is 0.455 e. The van der Waals surface area contributed by atoms with Crippen LogP contribution in [0.4, 0.5) is 0 Å². The van der Waals surface area contributed by atoms with Crippen molar-refractivity contribution in [2.24, 2.45) is 0 Å². The lowest BCUT2D eigenvalue weighted by molar-refractivity contribution is -0.144. The van der Waals surface area contributed by atoms with Crippen molar-refractivity contribution in [2.45, 2.75) is 10.8 Å². The average molecular weight is 379 g/mol. The van der Waals surface area contributed by atoms with E-state index in [4.69, 9.17) is 9.26 Å². The van der Waals surface area contributed by atoms with Crippen molar-refractivity contribution < 1.29 is 22.5 Å². The molecule has 10 heteroatoms. The first-order valence-electron chi connectivity index (χ1n) is 7.11. The molecule has 0 fully saturated rings. The maximum absolute atomic E-state index is 11.9. The second-order valence-corrected chi connectivity index (χ2v) is 7.74. The minimum atomic E-state index is -3.71. The minimum Gasteiger partial charge on any atom is -0.455 e. The van der Waals surface area contributed by atoms with Gasteiger partial charge in [0, 0.05) is 5.56 Å². The number of thiophene rings is 1. The van der Waals surface area contributed by atoms with E-state index in [-0.39, 0.29) is 16.7 Å². The Kier molecular flexibility index (Phi) is 5.22. The zero-order valence-corrected chi connectivity index (χ0v) is 14.4. The predicted molar refractivity (Wildman–Crippen MR) is 89.0 cm³/mol. The van der Waals surface area contributed by atoms with Gasteiger partial charge in [0.15, 0.2) is 6.61 Å². The van der Waals surface area contributed by atoms with Gasteiger partial charge >= 0.3 is 5.97 Å². The number of esters is 1. The molecule has 2 heterocycles. The van der Waals surface area contributed by atoms with Crippen LogP contribution in [0.15, 0.2) is 56.6 Å². The quantitative estimate of drug-likeness (QED) is 0.623. The van der Waals surface area contributed by atoms with Gasteiger partial charge in [0.05, 0.1) is 0 Å². The molecule has 0 aliphatic heterocycles. The van der Waals surface area contributed by atoms with Gasteiger partial charge in [-0.1, -0.05) is 41.6 Å². The van der Waals surface area contributed by atoms with E-state index >= 15 is 0 Å². The molecule has 130 valence electrons. The van der Waals surface area contributed by atoms with Crippen molar-refractivity contribution in [2.75, 3.05) is 6.54 Å². The van der Waals surface area contributed by atoms with Gasteiger partial charge in [-0.2, -0.15) is 9.71 Å². The molecule has 8 nitrogen and oxygen atoms in total. The van der Waals surface area contributed by atoms with Crippen LogP contribution in [0.25, 0.3) is 11.4 Å². The van der Waals surface area contributed by atoms with Gasteiger partial charge in [-0.15, -0.1) is 11.3 Å². The Balaban J connectivity index is 1.51. The van der Waals surface area contributed by atoms with Crippen LogP contribution >= 0.6 is 11.3 Å². The summed E-state index contributed by atoms with van der Waals surface area (Å²) in [6, 6.07) is 12.2. The summed E-state index contributed by atoms with van der Waals surface area (Å²) in [5.74, 6) is -0.252. The number of aromatic nitrogens is 2. The number of hydrogen-bond acceptors (Lipinski definition) is 8. The third kappa shape index (κ3) is 4.50. The molecule has 0 aliphatic carbocycles. The number of hydrogen-bond donors (Lipinski definition) is 1. The molecule has 0 saturated heterocycles. The zero-order chi connectivity index (χ0) is 17.7. The smallest absolute Gasteiger partial charge is 0.321 e. The maximum Gasteiger partial charge on any atom is 0.321 e. The van der Waals surface area contributed by atoms with Crippen LogP contribution in [-0.4, -0.2) is 31.1 Å². The Hall–Kier alpha value is -2.56. The standard InChI is InChI=1S/C15H13N3O5S2/c19-13(9-16-25(20,21)14-7-4-8-24-14)22-10-12-17-15(18-23-12)11-5-2-1-3-6-11/h1-8,16H,9-10H2. The van der Waals surface area contributed by atoms with Crippen molar-refractivity contribution in [3.05, 3.63) is 53.7 Å². The van der Waals surface area contributed by atoms with Crippen molar-refractivity contribution in [1.29, 1.82) is 0 Å². The van der Waals surface area contributed by atoms with E-state index in [1.165, 1.54) is 6.07 Å². The molecule has 2 aromatic heterocycles. The summed E-state index contributed by atoms with van der Waals surface area (Å²) >= 11 is 1.06. The van der Waals surface area contributed by atoms with E-state index < -0.39 is 22.5 Å². The van der Waals surface area contributed by atoms with Gasteiger partial charge in [-0.3, -0.25) is 4.79 Å². The molecule has 0 bridgehead atoms. The number of nitrogens with zero attached hydrogens (tertiary/aromatic N) is 2. The molecule has 0 radical (unpaired) electrons. The van der Waals surface area contributed by atoms with Crippen LogP contribution in [0, 0.1) is 0 Å². The van der Waals surface area contributed by atoms with Gasteiger partial charge < -0.3 is 9.26 Å². The second kappa shape index (κ2) is 7.55. The van der Waals surface area contributed by atoms with E-state index in [1.54, 1.807) is 11.4 Å². The molecule has 25 heavy (non-hydrogen) atoms. The Morgan fingerprint density at radius 3 is 2.72 bits per heavy atom. The van der Waals surface area contributed by atoms with E-state index in [1.807, 2.05) is 30.3 Å². The number of nitrogens with one attached hydrogen (secondary N) is 1. The third-order valence-corrected chi connectivity index (χ3v) is 5.82. The van der Waals surface area contributed by atoms with Crippen LogP contribution in [0.1, 0.15) is 5.89 Å². The van der Waals surface area contributed by atoms with Crippen molar-refractivity contribution in [3.63, 3.8) is 0 Å². The predicted octanol–water partition coefficient (Wildman–Crippen LogP) is 1.82. The fourth-order valence-corrected chi connectivity index (χ4v) is 3.86. The van der Waals surface area contributed by atoms with Crippen LogP contribution in [0.5, 0.6) is 0 Å². The fourth-order valence-electron chi connectivity index (χ4n) is 1.85. The Labute approximate surface area is 147 Å². The number of rotatable bonds is 7. The molecule has 0 unspecified atom stereocenters. The summed E-state index contributed by atoms with van der Waals surface area (Å²) in [5.41, 5.74) is 0.771. The zero-order valence-electron chi connectivity index (χ0n) is 12.8. The molecule has 0 amide bonds. The normalized spacial score (nSPS) is 11.4. The average Bonchev–Trinajstić information content (AvgIpc) is 3.31. The van der Waals surface area contributed by atoms with Crippen LogP contribution in [0.2, 0.25) is 0 Å². The molecular formula is C15H13N3O5S2. The molecule has 0 saturated carbocycles. The Morgan fingerprint density at radius 2 is 2.00 bits per heavy atom. The first-order chi connectivity index (χ1) is 12.0. The number of ether oxygens (including phenoxy) is 1. The highest BCUT2D eigenvalue weighted by molar-refractivity contribution is 7.91. The van der Waals surface area contributed by atoms with Gasteiger partial charge in [0.25, 0.3) is 15.9 Å². The Morgan fingerprint density at radius 1 is 1.20 bits per heavy atom. The summed E-state index contributed by atoms with van der Waals surface area (Å²) in [5, 5.41) is 5.43. The topological polar surface area (TPSA) is 111 Å². The lowest BCUT2D eigenvalue weighted by Gasteiger charge is -2.04. The molecule has 1 aromatic carbocycles. The summed E-state index contributed by atoms with van der Waals surface area (Å²) < 4.78 is 36.0. The Bertz CT molecular complexity index is 937.